The van der Waals surface area contributed by atoms with Crippen LogP contribution in [0.3, 0.4) is 0 Å². The van der Waals surface area contributed by atoms with Crippen molar-refractivity contribution >= 4 is 41.4 Å². The molecule has 0 aliphatic rings. The van der Waals surface area contributed by atoms with E-state index in [0.29, 0.717) is 12.2 Å². The van der Waals surface area contributed by atoms with Gasteiger partial charge in [-0.2, -0.15) is 11.8 Å². The van der Waals surface area contributed by atoms with E-state index in [1.165, 1.54) is 18.7 Å². The highest BCUT2D eigenvalue weighted by Gasteiger charge is 2.33. The van der Waals surface area contributed by atoms with E-state index in [4.69, 9.17) is 15.9 Å². The molecule has 12 nitrogen and oxygen atoms in total. The van der Waals surface area contributed by atoms with Crippen molar-refractivity contribution in [1.82, 2.24) is 16.0 Å². The summed E-state index contributed by atoms with van der Waals surface area (Å²) in [4.78, 5) is 59.6. The van der Waals surface area contributed by atoms with Gasteiger partial charge in [-0.05, 0) is 37.7 Å². The molecule has 184 valence electrons. The largest absolute Gasteiger partial charge is 0.481 e. The highest BCUT2D eigenvalue weighted by molar-refractivity contribution is 7.98. The van der Waals surface area contributed by atoms with Crippen LogP contribution in [0.5, 0.6) is 0 Å². The fraction of sp³-hybridized carbons (Fsp3) is 0.737. The Labute approximate surface area is 191 Å². The van der Waals surface area contributed by atoms with Crippen molar-refractivity contribution in [3.63, 3.8) is 0 Å². The number of amides is 3. The zero-order valence-corrected chi connectivity index (χ0v) is 19.5. The lowest BCUT2D eigenvalue weighted by Gasteiger charge is -2.26. The molecule has 0 aliphatic heterocycles. The van der Waals surface area contributed by atoms with Crippen molar-refractivity contribution in [2.75, 3.05) is 12.0 Å². The van der Waals surface area contributed by atoms with Gasteiger partial charge >= 0.3 is 11.9 Å². The van der Waals surface area contributed by atoms with Crippen LogP contribution in [0.4, 0.5) is 0 Å². The molecule has 0 radical (unpaired) electrons. The number of aliphatic hydroxyl groups excluding tert-OH is 1. The highest BCUT2D eigenvalue weighted by atomic mass is 32.2. The summed E-state index contributed by atoms with van der Waals surface area (Å²) in [7, 11) is 0. The number of rotatable bonds is 15. The van der Waals surface area contributed by atoms with Gasteiger partial charge in [-0.25, -0.2) is 4.79 Å². The lowest BCUT2D eigenvalue weighted by atomic mass is 10.0. The number of carboxylic acid groups (broad SMARTS) is 2. The molecule has 0 aromatic carbocycles. The minimum atomic E-state index is -1.75. The van der Waals surface area contributed by atoms with E-state index in [-0.39, 0.29) is 12.3 Å². The van der Waals surface area contributed by atoms with Gasteiger partial charge in [-0.15, -0.1) is 0 Å². The number of aliphatic carboxylic acids is 2. The molecule has 0 spiro atoms. The predicted molar refractivity (Wildman–Crippen MR) is 118 cm³/mol. The molecule has 0 bridgehead atoms. The zero-order chi connectivity index (χ0) is 25.0. The molecular formula is C19H34N4O8S. The van der Waals surface area contributed by atoms with Gasteiger partial charge in [0.1, 0.15) is 18.1 Å². The van der Waals surface area contributed by atoms with E-state index in [1.54, 1.807) is 0 Å². The Bertz CT molecular complexity index is 674. The van der Waals surface area contributed by atoms with Crippen LogP contribution < -0.4 is 21.7 Å². The number of thioether (sulfide) groups is 1. The molecule has 32 heavy (non-hydrogen) atoms. The molecule has 8 N–H and O–H groups in total. The van der Waals surface area contributed by atoms with Crippen molar-refractivity contribution in [3.05, 3.63) is 0 Å². The molecule has 0 aromatic heterocycles. The third-order valence-corrected chi connectivity index (χ3v) is 5.01. The molecule has 5 atom stereocenters. The van der Waals surface area contributed by atoms with E-state index in [0.717, 1.165) is 0 Å². The second kappa shape index (κ2) is 14.6. The van der Waals surface area contributed by atoms with E-state index in [2.05, 4.69) is 10.6 Å². The normalized spacial score (nSPS) is 15.7. The second-order valence-corrected chi connectivity index (χ2v) is 8.79. The van der Waals surface area contributed by atoms with Gasteiger partial charge in [-0.3, -0.25) is 19.2 Å². The average molecular weight is 479 g/mol. The SMILES string of the molecule is CSCCC(NC(=O)C(N)CC(C)C)C(=O)NC(C(=O)NC(CC(=O)O)C(=O)O)C(C)O. The van der Waals surface area contributed by atoms with Gasteiger partial charge in [-0.1, -0.05) is 13.8 Å². The van der Waals surface area contributed by atoms with Crippen LogP contribution >= 0.6 is 11.8 Å². The maximum absolute atomic E-state index is 12.8. The van der Waals surface area contributed by atoms with Crippen LogP contribution in [0.15, 0.2) is 0 Å². The molecule has 0 saturated heterocycles. The Morgan fingerprint density at radius 3 is 1.91 bits per heavy atom. The van der Waals surface area contributed by atoms with Crippen LogP contribution in [0, 0.1) is 5.92 Å². The highest BCUT2D eigenvalue weighted by Crippen LogP contribution is 2.07. The van der Waals surface area contributed by atoms with Gasteiger partial charge in [0.05, 0.1) is 18.6 Å². The first-order valence-corrected chi connectivity index (χ1v) is 11.5. The van der Waals surface area contributed by atoms with Crippen molar-refractivity contribution < 1.29 is 39.3 Å². The summed E-state index contributed by atoms with van der Waals surface area (Å²) in [6, 6.07) is -5.20. The molecule has 0 fully saturated rings. The smallest absolute Gasteiger partial charge is 0.326 e. The van der Waals surface area contributed by atoms with Gasteiger partial charge < -0.3 is 37.0 Å². The van der Waals surface area contributed by atoms with Gasteiger partial charge in [0.2, 0.25) is 17.7 Å². The van der Waals surface area contributed by atoms with Crippen LogP contribution in [-0.4, -0.2) is 87.3 Å². The summed E-state index contributed by atoms with van der Waals surface area (Å²) in [5.74, 6) is -4.75. The van der Waals surface area contributed by atoms with E-state index < -0.39 is 66.4 Å². The van der Waals surface area contributed by atoms with E-state index >= 15 is 0 Å². The Morgan fingerprint density at radius 1 is 0.906 bits per heavy atom. The third kappa shape index (κ3) is 11.3. The maximum Gasteiger partial charge on any atom is 0.326 e. The number of carbonyl (C=O) groups excluding carboxylic acids is 3. The van der Waals surface area contributed by atoms with E-state index in [1.807, 2.05) is 25.4 Å². The Hall–Kier alpha value is -2.38. The molecule has 0 heterocycles. The number of carboxylic acids is 2. The standard InChI is InChI=1S/C19H34N4O8S/c1-9(2)7-11(20)16(27)21-12(5-6-32-4)17(28)23-15(10(3)24)18(29)22-13(19(30)31)8-14(25)26/h9-13,15,24H,5-8,20H2,1-4H3,(H,21,27)(H,22,29)(H,23,28)(H,25,26)(H,30,31). The Balaban J connectivity index is 5.38. The summed E-state index contributed by atoms with van der Waals surface area (Å²) in [6.07, 6.45) is 0.113. The number of carbonyl (C=O) groups is 5. The molecular weight excluding hydrogens is 444 g/mol. The van der Waals surface area contributed by atoms with Crippen molar-refractivity contribution in [3.8, 4) is 0 Å². The number of hydrogen-bond donors (Lipinski definition) is 7. The van der Waals surface area contributed by atoms with Crippen LogP contribution in [0.25, 0.3) is 0 Å². The summed E-state index contributed by atoms with van der Waals surface area (Å²) in [6.45, 7) is 4.99. The molecule has 0 saturated carbocycles. The van der Waals surface area contributed by atoms with Gasteiger partial charge in [0.15, 0.2) is 0 Å². The average Bonchev–Trinajstić information content (AvgIpc) is 2.66. The minimum absolute atomic E-state index is 0.158. The summed E-state index contributed by atoms with van der Waals surface area (Å²) >= 11 is 1.43. The summed E-state index contributed by atoms with van der Waals surface area (Å²) < 4.78 is 0. The number of nitrogens with one attached hydrogen (secondary N) is 3. The number of nitrogens with two attached hydrogens (primary N) is 1. The van der Waals surface area contributed by atoms with Gasteiger partial charge in [0.25, 0.3) is 0 Å². The number of aliphatic hydroxyl groups is 1. The molecule has 0 aromatic rings. The lowest BCUT2D eigenvalue weighted by molar-refractivity contribution is -0.148. The van der Waals surface area contributed by atoms with Crippen molar-refractivity contribution in [1.29, 1.82) is 0 Å². The monoisotopic (exact) mass is 478 g/mol. The first kappa shape index (κ1) is 29.6. The molecule has 5 unspecified atom stereocenters. The predicted octanol–water partition coefficient (Wildman–Crippen LogP) is -1.49. The first-order chi connectivity index (χ1) is 14.8. The van der Waals surface area contributed by atoms with Crippen LogP contribution in [-0.2, 0) is 24.0 Å². The third-order valence-electron chi connectivity index (χ3n) is 4.36. The Morgan fingerprint density at radius 2 is 1.47 bits per heavy atom. The first-order valence-electron chi connectivity index (χ1n) is 10.1. The fourth-order valence-electron chi connectivity index (χ4n) is 2.69. The fourth-order valence-corrected chi connectivity index (χ4v) is 3.16. The Kier molecular flexibility index (Phi) is 13.5. The zero-order valence-electron chi connectivity index (χ0n) is 18.7. The van der Waals surface area contributed by atoms with Crippen molar-refractivity contribution in [2.24, 2.45) is 11.7 Å². The lowest BCUT2D eigenvalue weighted by Crippen LogP contribution is -2.60. The topological polar surface area (TPSA) is 208 Å². The van der Waals surface area contributed by atoms with Crippen LogP contribution in [0.1, 0.15) is 40.0 Å². The van der Waals surface area contributed by atoms with Crippen molar-refractivity contribution in [2.45, 2.75) is 70.3 Å². The minimum Gasteiger partial charge on any atom is -0.481 e. The summed E-state index contributed by atoms with van der Waals surface area (Å²) in [5, 5.41) is 34.7. The quantitative estimate of drug-likeness (QED) is 0.145. The van der Waals surface area contributed by atoms with Gasteiger partial charge in [0, 0.05) is 0 Å². The van der Waals surface area contributed by atoms with E-state index in [9.17, 15) is 29.1 Å². The maximum atomic E-state index is 12.8. The molecule has 0 rings (SSSR count). The molecule has 3 amide bonds. The second-order valence-electron chi connectivity index (χ2n) is 7.80. The summed E-state index contributed by atoms with van der Waals surface area (Å²) in [5.41, 5.74) is 5.86. The molecule has 13 heteroatoms. The molecule has 0 aliphatic carbocycles. The number of hydrogen-bond acceptors (Lipinski definition) is 8. The van der Waals surface area contributed by atoms with Crippen LogP contribution in [0.2, 0.25) is 0 Å².